The van der Waals surface area contributed by atoms with Gasteiger partial charge in [-0.1, -0.05) is 17.7 Å². The molecule has 0 aromatic heterocycles. The number of amides is 1. The molecule has 0 spiro atoms. The third-order valence-corrected chi connectivity index (χ3v) is 6.31. The predicted octanol–water partition coefficient (Wildman–Crippen LogP) is 3.80. The zero-order valence-electron chi connectivity index (χ0n) is 15.3. The molecule has 26 heavy (non-hydrogen) atoms. The van der Waals surface area contributed by atoms with Crippen LogP contribution in [0.3, 0.4) is 0 Å². The molecule has 7 heteroatoms. The second kappa shape index (κ2) is 8.70. The van der Waals surface area contributed by atoms with Gasteiger partial charge in [-0.3, -0.25) is 4.79 Å². The van der Waals surface area contributed by atoms with E-state index in [0.29, 0.717) is 5.69 Å². The lowest BCUT2D eigenvalue weighted by Crippen LogP contribution is -2.30. The van der Waals surface area contributed by atoms with Crippen LogP contribution in [0.4, 0.5) is 5.69 Å². The molecular formula is C19H24N2O3S2. The van der Waals surface area contributed by atoms with Crippen molar-refractivity contribution in [2.75, 3.05) is 5.32 Å². The zero-order chi connectivity index (χ0) is 19.3. The van der Waals surface area contributed by atoms with Gasteiger partial charge in [0.1, 0.15) is 0 Å². The minimum atomic E-state index is -3.53. The fourth-order valence-corrected chi connectivity index (χ4v) is 4.33. The molecule has 0 fully saturated rings. The molecule has 0 heterocycles. The summed E-state index contributed by atoms with van der Waals surface area (Å²) < 4.78 is 26.7. The Morgan fingerprint density at radius 3 is 2.08 bits per heavy atom. The number of nitrogens with one attached hydrogen (secondary N) is 2. The van der Waals surface area contributed by atoms with Crippen LogP contribution in [0.2, 0.25) is 0 Å². The Morgan fingerprint density at radius 1 is 0.962 bits per heavy atom. The Kier molecular flexibility index (Phi) is 6.86. The fourth-order valence-electron chi connectivity index (χ4n) is 2.21. The van der Waals surface area contributed by atoms with Gasteiger partial charge >= 0.3 is 0 Å². The second-order valence-electron chi connectivity index (χ2n) is 6.36. The van der Waals surface area contributed by atoms with E-state index in [1.165, 1.54) is 29.5 Å². The molecule has 1 unspecified atom stereocenters. The first-order valence-corrected chi connectivity index (χ1v) is 10.7. The average molecular weight is 393 g/mol. The van der Waals surface area contributed by atoms with Crippen molar-refractivity contribution in [2.45, 2.75) is 48.8 Å². The van der Waals surface area contributed by atoms with Crippen LogP contribution >= 0.6 is 11.8 Å². The van der Waals surface area contributed by atoms with Crippen LogP contribution in [-0.2, 0) is 14.8 Å². The van der Waals surface area contributed by atoms with Gasteiger partial charge in [0.2, 0.25) is 15.9 Å². The summed E-state index contributed by atoms with van der Waals surface area (Å²) in [6.07, 6.45) is 0. The first-order valence-electron chi connectivity index (χ1n) is 8.34. The van der Waals surface area contributed by atoms with Crippen LogP contribution in [0.25, 0.3) is 0 Å². The van der Waals surface area contributed by atoms with Crippen molar-refractivity contribution in [2.24, 2.45) is 0 Å². The van der Waals surface area contributed by atoms with Gasteiger partial charge in [0.15, 0.2) is 0 Å². The van der Waals surface area contributed by atoms with E-state index >= 15 is 0 Å². The maximum Gasteiger partial charge on any atom is 0.240 e. The van der Waals surface area contributed by atoms with Crippen LogP contribution in [0.15, 0.2) is 58.3 Å². The Balaban J connectivity index is 1.99. The Bertz CT molecular complexity index is 845. The summed E-state index contributed by atoms with van der Waals surface area (Å²) in [7, 11) is -3.53. The van der Waals surface area contributed by atoms with Gasteiger partial charge in [0.25, 0.3) is 0 Å². The molecule has 2 N–H and O–H groups in total. The van der Waals surface area contributed by atoms with Crippen molar-refractivity contribution in [1.29, 1.82) is 0 Å². The van der Waals surface area contributed by atoms with Crippen molar-refractivity contribution < 1.29 is 13.2 Å². The SMILES string of the molecule is Cc1ccc(SC(C)C(=O)Nc2ccc(S(=O)(=O)NC(C)C)cc2)cc1. The molecule has 2 rings (SSSR count). The molecular weight excluding hydrogens is 368 g/mol. The lowest BCUT2D eigenvalue weighted by Gasteiger charge is -2.13. The molecule has 1 amide bonds. The molecule has 140 valence electrons. The minimum Gasteiger partial charge on any atom is -0.325 e. The summed E-state index contributed by atoms with van der Waals surface area (Å²) in [6.45, 7) is 7.38. The number of benzene rings is 2. The van der Waals surface area contributed by atoms with Crippen molar-refractivity contribution in [1.82, 2.24) is 4.72 Å². The van der Waals surface area contributed by atoms with Crippen LogP contribution in [0.1, 0.15) is 26.3 Å². The number of carbonyl (C=O) groups excluding carboxylic acids is 1. The predicted molar refractivity (Wildman–Crippen MR) is 107 cm³/mol. The topological polar surface area (TPSA) is 75.3 Å². The number of carbonyl (C=O) groups is 1. The van der Waals surface area contributed by atoms with E-state index in [-0.39, 0.29) is 22.1 Å². The van der Waals surface area contributed by atoms with E-state index in [9.17, 15) is 13.2 Å². The molecule has 5 nitrogen and oxygen atoms in total. The van der Waals surface area contributed by atoms with Gasteiger partial charge in [-0.2, -0.15) is 0 Å². The lowest BCUT2D eigenvalue weighted by atomic mass is 10.2. The third kappa shape index (κ3) is 5.86. The summed E-state index contributed by atoms with van der Waals surface area (Å²) in [6, 6.07) is 14.0. The highest BCUT2D eigenvalue weighted by molar-refractivity contribution is 8.00. The number of rotatable bonds is 7. The molecule has 1 atom stereocenters. The van der Waals surface area contributed by atoms with Gasteiger partial charge in [-0.25, -0.2) is 13.1 Å². The Labute approximate surface area is 159 Å². The quantitative estimate of drug-likeness (QED) is 0.703. The summed E-state index contributed by atoms with van der Waals surface area (Å²) in [5.74, 6) is -0.133. The first-order chi connectivity index (χ1) is 12.2. The fraction of sp³-hybridized carbons (Fsp3) is 0.316. The van der Waals surface area contributed by atoms with Crippen molar-refractivity contribution in [3.05, 3.63) is 54.1 Å². The van der Waals surface area contributed by atoms with Gasteiger partial charge in [-0.05, 0) is 64.1 Å². The van der Waals surface area contributed by atoms with E-state index < -0.39 is 10.0 Å². The smallest absolute Gasteiger partial charge is 0.240 e. The van der Waals surface area contributed by atoms with Crippen molar-refractivity contribution >= 4 is 33.4 Å². The monoisotopic (exact) mass is 392 g/mol. The van der Waals surface area contributed by atoms with Gasteiger partial charge in [-0.15, -0.1) is 11.8 Å². The van der Waals surface area contributed by atoms with Gasteiger partial charge in [0.05, 0.1) is 10.1 Å². The van der Waals surface area contributed by atoms with Crippen LogP contribution < -0.4 is 10.0 Å². The highest BCUT2D eigenvalue weighted by atomic mass is 32.2. The lowest BCUT2D eigenvalue weighted by molar-refractivity contribution is -0.115. The molecule has 0 radical (unpaired) electrons. The van der Waals surface area contributed by atoms with E-state index in [2.05, 4.69) is 10.0 Å². The number of thioether (sulfide) groups is 1. The summed E-state index contributed by atoms with van der Waals surface area (Å²) >= 11 is 1.48. The van der Waals surface area contributed by atoms with E-state index in [4.69, 9.17) is 0 Å². The summed E-state index contributed by atoms with van der Waals surface area (Å²) in [5.41, 5.74) is 1.74. The second-order valence-corrected chi connectivity index (χ2v) is 9.49. The number of anilines is 1. The maximum atomic E-state index is 12.3. The van der Waals surface area contributed by atoms with Crippen molar-refractivity contribution in [3.63, 3.8) is 0 Å². The number of hydrogen-bond acceptors (Lipinski definition) is 4. The molecule has 0 saturated carbocycles. The van der Waals surface area contributed by atoms with E-state index in [0.717, 1.165) is 4.90 Å². The highest BCUT2D eigenvalue weighted by Crippen LogP contribution is 2.24. The first kappa shape index (κ1) is 20.5. The van der Waals surface area contributed by atoms with Crippen LogP contribution in [-0.4, -0.2) is 25.6 Å². The van der Waals surface area contributed by atoms with Crippen molar-refractivity contribution in [3.8, 4) is 0 Å². The zero-order valence-corrected chi connectivity index (χ0v) is 16.9. The maximum absolute atomic E-state index is 12.3. The van der Waals surface area contributed by atoms with Gasteiger partial charge < -0.3 is 5.32 Å². The third-order valence-electron chi connectivity index (χ3n) is 3.53. The Hall–Kier alpha value is -1.83. The largest absolute Gasteiger partial charge is 0.325 e. The normalized spacial score (nSPS) is 12.8. The number of sulfonamides is 1. The average Bonchev–Trinajstić information content (AvgIpc) is 2.56. The molecule has 0 aliphatic carbocycles. The van der Waals surface area contributed by atoms with Gasteiger partial charge in [0, 0.05) is 16.6 Å². The number of hydrogen-bond donors (Lipinski definition) is 2. The molecule has 2 aromatic carbocycles. The Morgan fingerprint density at radius 2 is 1.54 bits per heavy atom. The minimum absolute atomic E-state index is 0.133. The molecule has 0 bridgehead atoms. The highest BCUT2D eigenvalue weighted by Gasteiger charge is 2.17. The summed E-state index contributed by atoms with van der Waals surface area (Å²) in [4.78, 5) is 13.5. The number of aryl methyl sites for hydroxylation is 1. The van der Waals surface area contributed by atoms with Crippen LogP contribution in [0, 0.1) is 6.92 Å². The molecule has 0 aliphatic rings. The standard InChI is InChI=1S/C19H24N2O3S2/c1-13(2)21-26(23,24)18-11-7-16(8-12-18)20-19(22)15(4)25-17-9-5-14(3)6-10-17/h5-13,15,21H,1-4H3,(H,20,22). The molecule has 0 saturated heterocycles. The summed E-state index contributed by atoms with van der Waals surface area (Å²) in [5, 5.41) is 2.54. The molecule has 2 aromatic rings. The van der Waals surface area contributed by atoms with E-state index in [1.54, 1.807) is 26.0 Å². The van der Waals surface area contributed by atoms with Crippen LogP contribution in [0.5, 0.6) is 0 Å². The van der Waals surface area contributed by atoms with E-state index in [1.807, 2.05) is 38.1 Å². The molecule has 0 aliphatic heterocycles.